The zero-order valence-electron chi connectivity index (χ0n) is 39.3. The first-order chi connectivity index (χ1) is 34.5. The average Bonchev–Trinajstić information content (AvgIpc) is 3.70. The molecule has 0 heterocycles. The van der Waals surface area contributed by atoms with E-state index >= 15 is 5.11 Å². The fourth-order valence-electron chi connectivity index (χ4n) is 11.2. The Bertz CT molecular complexity index is 3640. The van der Waals surface area contributed by atoms with Crippen molar-refractivity contribution in [3.8, 4) is 100 Å². The Morgan fingerprint density at radius 2 is 0.414 bits per heavy atom. The van der Waals surface area contributed by atoms with Gasteiger partial charge in [-0.3, -0.25) is 0 Å². The predicted octanol–water partition coefficient (Wildman–Crippen LogP) is 17.9. The van der Waals surface area contributed by atoms with Gasteiger partial charge in [-0.05, 0) is 120 Å². The molecule has 0 radical (unpaired) electrons. The van der Waals surface area contributed by atoms with Crippen LogP contribution in [-0.4, -0.2) is 5.11 Å². The molecule has 1 aliphatic carbocycles. The molecular weight excluding hydrogens is 845 g/mol. The molecule has 1 heteroatoms. The predicted molar refractivity (Wildman–Crippen MR) is 293 cm³/mol. The molecule has 0 amide bonds. The molecular formula is C69H50O. The van der Waals surface area contributed by atoms with Gasteiger partial charge in [0.15, 0.2) is 0 Å². The van der Waals surface area contributed by atoms with E-state index in [1.54, 1.807) is 0 Å². The third kappa shape index (κ3) is 7.05. The molecule has 11 aromatic rings. The normalized spacial score (nSPS) is 13.7. The SMILES string of the molecule is Cc1ccc(-c2c(-c3ccccc3)c(-c3ccccc3)c(-c3ccc(C)cc3)c3c2-c2c(-c4ccccc4)c(-c4ccccc4)c(-c4ccccc4)c(-c4ccccc4)c2C3(O)c2ccccc2)cc1. The third-order valence-electron chi connectivity index (χ3n) is 14.2. The van der Waals surface area contributed by atoms with Crippen LogP contribution in [0.5, 0.6) is 0 Å². The molecule has 11 aromatic carbocycles. The van der Waals surface area contributed by atoms with Gasteiger partial charge in [0.05, 0.1) is 0 Å². The molecule has 1 unspecified atom stereocenters. The summed E-state index contributed by atoms with van der Waals surface area (Å²) in [7, 11) is 0. The molecule has 332 valence electrons. The van der Waals surface area contributed by atoms with Crippen LogP contribution in [0.2, 0.25) is 0 Å². The molecule has 0 aliphatic heterocycles. The van der Waals surface area contributed by atoms with Crippen LogP contribution in [0.4, 0.5) is 0 Å². The van der Waals surface area contributed by atoms with Crippen molar-refractivity contribution < 1.29 is 5.11 Å². The highest BCUT2D eigenvalue weighted by atomic mass is 16.3. The molecule has 0 aromatic heterocycles. The minimum atomic E-state index is -1.71. The Morgan fingerprint density at radius 1 is 0.214 bits per heavy atom. The third-order valence-corrected chi connectivity index (χ3v) is 14.2. The Morgan fingerprint density at radius 3 is 0.700 bits per heavy atom. The van der Waals surface area contributed by atoms with Crippen LogP contribution in [0.25, 0.3) is 100 Å². The van der Waals surface area contributed by atoms with Gasteiger partial charge in [0, 0.05) is 11.1 Å². The van der Waals surface area contributed by atoms with Gasteiger partial charge in [0.2, 0.25) is 0 Å². The maximum absolute atomic E-state index is 15.5. The molecule has 0 bridgehead atoms. The smallest absolute Gasteiger partial charge is 0.143 e. The second-order valence-corrected chi connectivity index (χ2v) is 18.5. The average molecular weight is 895 g/mol. The lowest BCUT2D eigenvalue weighted by molar-refractivity contribution is 0.132. The second kappa shape index (κ2) is 17.8. The van der Waals surface area contributed by atoms with E-state index in [0.29, 0.717) is 0 Å². The van der Waals surface area contributed by atoms with Crippen molar-refractivity contribution in [3.05, 3.63) is 289 Å². The summed E-state index contributed by atoms with van der Waals surface area (Å²) in [5.41, 5.74) is 22.2. The number of fused-ring (bicyclic) bond motifs is 3. The van der Waals surface area contributed by atoms with Crippen LogP contribution in [-0.2, 0) is 5.60 Å². The van der Waals surface area contributed by atoms with Gasteiger partial charge in [-0.15, -0.1) is 0 Å². The fourth-order valence-corrected chi connectivity index (χ4v) is 11.2. The minimum absolute atomic E-state index is 0.798. The number of aliphatic hydroxyl groups is 1. The Balaban J connectivity index is 1.47. The first-order valence-electron chi connectivity index (χ1n) is 24.2. The molecule has 1 aliphatic rings. The summed E-state index contributed by atoms with van der Waals surface area (Å²) in [5.74, 6) is 0. The van der Waals surface area contributed by atoms with Crippen molar-refractivity contribution in [3.63, 3.8) is 0 Å². The summed E-state index contributed by atoms with van der Waals surface area (Å²) >= 11 is 0. The molecule has 0 spiro atoms. The van der Waals surface area contributed by atoms with E-state index in [1.807, 2.05) is 0 Å². The summed E-state index contributed by atoms with van der Waals surface area (Å²) in [6.07, 6.45) is 0. The molecule has 0 saturated heterocycles. The quantitative estimate of drug-likeness (QED) is 0.153. The van der Waals surface area contributed by atoms with Crippen molar-refractivity contribution in [2.24, 2.45) is 0 Å². The first kappa shape index (κ1) is 42.7. The number of aryl methyl sites for hydroxylation is 2. The summed E-state index contributed by atoms with van der Waals surface area (Å²) < 4.78 is 0. The minimum Gasteiger partial charge on any atom is -0.376 e. The van der Waals surface area contributed by atoms with Crippen LogP contribution in [0.3, 0.4) is 0 Å². The highest BCUT2D eigenvalue weighted by Crippen LogP contribution is 2.68. The maximum Gasteiger partial charge on any atom is 0.143 e. The Labute approximate surface area is 411 Å². The van der Waals surface area contributed by atoms with Gasteiger partial charge < -0.3 is 5.11 Å². The highest BCUT2D eigenvalue weighted by molar-refractivity contribution is 6.19. The van der Waals surface area contributed by atoms with Crippen molar-refractivity contribution in [1.29, 1.82) is 0 Å². The van der Waals surface area contributed by atoms with Crippen molar-refractivity contribution >= 4 is 0 Å². The van der Waals surface area contributed by atoms with Crippen LogP contribution in [0, 0.1) is 13.8 Å². The number of hydrogen-bond donors (Lipinski definition) is 1. The van der Waals surface area contributed by atoms with Gasteiger partial charge in [-0.1, -0.05) is 272 Å². The van der Waals surface area contributed by atoms with Gasteiger partial charge in [0.25, 0.3) is 0 Å². The molecule has 0 saturated carbocycles. The van der Waals surface area contributed by atoms with Gasteiger partial charge in [-0.2, -0.15) is 0 Å². The van der Waals surface area contributed by atoms with Crippen LogP contribution < -0.4 is 0 Å². The Hall–Kier alpha value is -8.62. The van der Waals surface area contributed by atoms with Crippen LogP contribution >= 0.6 is 0 Å². The lowest BCUT2D eigenvalue weighted by Gasteiger charge is -2.34. The van der Waals surface area contributed by atoms with E-state index in [2.05, 4.69) is 275 Å². The highest BCUT2D eigenvalue weighted by Gasteiger charge is 2.52. The molecule has 1 nitrogen and oxygen atoms in total. The van der Waals surface area contributed by atoms with E-state index in [4.69, 9.17) is 0 Å². The van der Waals surface area contributed by atoms with E-state index in [9.17, 15) is 0 Å². The van der Waals surface area contributed by atoms with Crippen LogP contribution in [0.15, 0.2) is 261 Å². The summed E-state index contributed by atoms with van der Waals surface area (Å²) in [5, 5.41) is 15.5. The van der Waals surface area contributed by atoms with E-state index in [-0.39, 0.29) is 0 Å². The van der Waals surface area contributed by atoms with Crippen molar-refractivity contribution in [2.45, 2.75) is 19.4 Å². The number of rotatable bonds is 9. The lowest BCUT2D eigenvalue weighted by atomic mass is 9.72. The first-order valence-corrected chi connectivity index (χ1v) is 24.2. The second-order valence-electron chi connectivity index (χ2n) is 18.5. The van der Waals surface area contributed by atoms with E-state index < -0.39 is 5.60 Å². The van der Waals surface area contributed by atoms with E-state index in [1.165, 1.54) is 11.1 Å². The standard InChI is InChI=1S/C69H50O/c1-46-38-42-54(43-39-46)62-58(49-26-12-4-13-27-49)60(51-30-16-6-17-31-51)64(55-44-40-47(2)41-45-55)68-66(62)65-61(52-32-18-7-19-33-52)57(48-24-10-3-11-25-48)59(50-28-14-5-15-29-50)63(53-34-20-8-21-35-53)67(65)69(68,70)56-36-22-9-23-37-56/h3-45,70H,1-2H3. The Kier molecular flexibility index (Phi) is 10.9. The summed E-state index contributed by atoms with van der Waals surface area (Å²) in [6, 6.07) is 93.6. The number of hydrogen-bond acceptors (Lipinski definition) is 1. The fraction of sp³-hybridized carbons (Fsp3) is 0.0435. The van der Waals surface area contributed by atoms with Crippen molar-refractivity contribution in [1.82, 2.24) is 0 Å². The molecule has 70 heavy (non-hydrogen) atoms. The molecule has 1 N–H and O–H groups in total. The van der Waals surface area contributed by atoms with Crippen molar-refractivity contribution in [2.75, 3.05) is 0 Å². The van der Waals surface area contributed by atoms with Crippen LogP contribution in [0.1, 0.15) is 27.8 Å². The summed E-state index contributed by atoms with van der Waals surface area (Å²) in [6.45, 7) is 4.30. The topological polar surface area (TPSA) is 20.2 Å². The summed E-state index contributed by atoms with van der Waals surface area (Å²) in [4.78, 5) is 0. The maximum atomic E-state index is 15.5. The zero-order valence-corrected chi connectivity index (χ0v) is 39.3. The molecule has 1 atom stereocenters. The van der Waals surface area contributed by atoms with E-state index in [0.717, 1.165) is 117 Å². The zero-order chi connectivity index (χ0) is 47.2. The van der Waals surface area contributed by atoms with Gasteiger partial charge in [0.1, 0.15) is 5.60 Å². The molecule has 12 rings (SSSR count). The number of benzene rings is 11. The molecule has 0 fully saturated rings. The lowest BCUT2D eigenvalue weighted by Crippen LogP contribution is -2.28. The largest absolute Gasteiger partial charge is 0.376 e. The van der Waals surface area contributed by atoms with Gasteiger partial charge >= 0.3 is 0 Å². The van der Waals surface area contributed by atoms with Gasteiger partial charge in [-0.25, -0.2) is 0 Å². The monoisotopic (exact) mass is 894 g/mol.